The first-order chi connectivity index (χ1) is 9.69. The highest BCUT2D eigenvalue weighted by molar-refractivity contribution is 5.93. The maximum atomic E-state index is 12.1. The largest absolute Gasteiger partial charge is 0.444 e. The fourth-order valence-corrected chi connectivity index (χ4v) is 2.75. The van der Waals surface area contributed by atoms with Crippen LogP contribution in [0.1, 0.15) is 18.4 Å². The maximum absolute atomic E-state index is 12.1. The average molecular weight is 274 g/mol. The summed E-state index contributed by atoms with van der Waals surface area (Å²) in [5.41, 5.74) is 1.01. The fraction of sp³-hybridized carbons (Fsp3) is 0.467. The van der Waals surface area contributed by atoms with Crippen molar-refractivity contribution >= 4 is 12.0 Å². The Morgan fingerprint density at radius 3 is 2.65 bits per heavy atom. The van der Waals surface area contributed by atoms with Crippen LogP contribution in [0, 0.1) is 5.41 Å². The van der Waals surface area contributed by atoms with Crippen molar-refractivity contribution < 1.29 is 14.3 Å². The number of hydrogen-bond acceptors (Lipinski definition) is 4. The molecule has 2 heterocycles. The van der Waals surface area contributed by atoms with Gasteiger partial charge in [-0.05, 0) is 12.0 Å². The predicted octanol–water partition coefficient (Wildman–Crippen LogP) is 1.54. The molecule has 2 fully saturated rings. The van der Waals surface area contributed by atoms with Crippen LogP contribution in [0.5, 0.6) is 0 Å². The van der Waals surface area contributed by atoms with E-state index in [4.69, 9.17) is 4.74 Å². The number of piperidine rings is 1. The van der Waals surface area contributed by atoms with Gasteiger partial charge in [0.2, 0.25) is 5.91 Å². The van der Waals surface area contributed by atoms with E-state index >= 15 is 0 Å². The topological polar surface area (TPSA) is 58.6 Å². The Labute approximate surface area is 117 Å². The van der Waals surface area contributed by atoms with E-state index in [1.165, 1.54) is 4.90 Å². The molecule has 0 aliphatic carbocycles. The van der Waals surface area contributed by atoms with Crippen LogP contribution in [0.4, 0.5) is 4.79 Å². The first-order valence-electron chi connectivity index (χ1n) is 6.90. The molecule has 20 heavy (non-hydrogen) atoms. The summed E-state index contributed by atoms with van der Waals surface area (Å²) in [5, 5.41) is 3.20. The monoisotopic (exact) mass is 274 g/mol. The molecule has 2 aliphatic rings. The van der Waals surface area contributed by atoms with Crippen molar-refractivity contribution in [3.05, 3.63) is 35.9 Å². The van der Waals surface area contributed by atoms with Gasteiger partial charge in [-0.15, -0.1) is 0 Å². The molecule has 1 N–H and O–H groups in total. The lowest BCUT2D eigenvalue weighted by molar-refractivity contribution is -0.137. The molecule has 3 rings (SSSR count). The highest BCUT2D eigenvalue weighted by Crippen LogP contribution is 2.35. The van der Waals surface area contributed by atoms with E-state index in [2.05, 4.69) is 5.32 Å². The fourth-order valence-electron chi connectivity index (χ4n) is 2.75. The van der Waals surface area contributed by atoms with E-state index in [1.54, 1.807) is 0 Å². The maximum Gasteiger partial charge on any atom is 0.416 e. The first kappa shape index (κ1) is 13.1. The molecule has 1 spiro atoms. The van der Waals surface area contributed by atoms with E-state index in [-0.39, 0.29) is 17.9 Å². The van der Waals surface area contributed by atoms with Gasteiger partial charge in [-0.1, -0.05) is 30.3 Å². The third kappa shape index (κ3) is 2.54. The summed E-state index contributed by atoms with van der Waals surface area (Å²) in [6, 6.07) is 9.47. The molecular formula is C15H18N2O3. The number of carbonyl (C=O) groups excluding carboxylic acids is 2. The molecule has 2 saturated heterocycles. The van der Waals surface area contributed by atoms with E-state index < -0.39 is 6.09 Å². The Balaban J connectivity index is 1.54. The summed E-state index contributed by atoms with van der Waals surface area (Å²) in [6.45, 7) is 2.43. The van der Waals surface area contributed by atoms with Crippen LogP contribution in [-0.2, 0) is 16.1 Å². The van der Waals surface area contributed by atoms with Crippen LogP contribution in [0.3, 0.4) is 0 Å². The molecule has 2 aliphatic heterocycles. The van der Waals surface area contributed by atoms with Gasteiger partial charge in [0.25, 0.3) is 0 Å². The number of benzene rings is 1. The van der Waals surface area contributed by atoms with Crippen molar-refractivity contribution in [3.63, 3.8) is 0 Å². The molecule has 0 atom stereocenters. The van der Waals surface area contributed by atoms with E-state index in [9.17, 15) is 9.59 Å². The molecule has 1 aromatic carbocycles. The minimum absolute atomic E-state index is 0.0906. The van der Waals surface area contributed by atoms with Crippen LogP contribution in [0.15, 0.2) is 30.3 Å². The summed E-state index contributed by atoms with van der Waals surface area (Å²) in [6.07, 6.45) is 0.785. The second-order valence-electron chi connectivity index (χ2n) is 5.62. The molecule has 0 aromatic heterocycles. The number of ether oxygens (including phenoxy) is 1. The van der Waals surface area contributed by atoms with Gasteiger partial charge in [-0.25, -0.2) is 9.69 Å². The van der Waals surface area contributed by atoms with Crippen molar-refractivity contribution in [1.29, 1.82) is 0 Å². The lowest BCUT2D eigenvalue weighted by Gasteiger charge is -2.46. The van der Waals surface area contributed by atoms with Crippen LogP contribution < -0.4 is 5.32 Å². The summed E-state index contributed by atoms with van der Waals surface area (Å²) in [4.78, 5) is 25.3. The van der Waals surface area contributed by atoms with Crippen molar-refractivity contribution in [2.24, 2.45) is 5.41 Å². The number of amides is 2. The number of nitrogens with one attached hydrogen (secondary N) is 1. The van der Waals surface area contributed by atoms with Gasteiger partial charge in [0, 0.05) is 31.5 Å². The van der Waals surface area contributed by atoms with Crippen LogP contribution >= 0.6 is 0 Å². The number of imide groups is 1. The summed E-state index contributed by atoms with van der Waals surface area (Å²) in [7, 11) is 0. The standard InChI is InChI=1S/C15H18N2O3/c18-13-8-15(10-16-11-15)6-7-17(13)14(19)20-9-12-4-2-1-3-5-12/h1-5,16H,6-11H2. The van der Waals surface area contributed by atoms with Crippen molar-refractivity contribution in [1.82, 2.24) is 10.2 Å². The lowest BCUT2D eigenvalue weighted by Crippen LogP contribution is -2.60. The van der Waals surface area contributed by atoms with E-state index in [1.807, 2.05) is 30.3 Å². The number of hydrogen-bond donors (Lipinski definition) is 1. The Hall–Kier alpha value is -1.88. The second kappa shape index (κ2) is 5.25. The molecule has 0 radical (unpaired) electrons. The van der Waals surface area contributed by atoms with Gasteiger partial charge in [0.1, 0.15) is 6.61 Å². The highest BCUT2D eigenvalue weighted by atomic mass is 16.6. The highest BCUT2D eigenvalue weighted by Gasteiger charge is 2.45. The SMILES string of the molecule is O=C1CC2(CCN1C(=O)OCc1ccccc1)CNC2. The summed E-state index contributed by atoms with van der Waals surface area (Å²) in [5.74, 6) is -0.115. The van der Waals surface area contributed by atoms with E-state index in [0.29, 0.717) is 13.0 Å². The molecule has 0 unspecified atom stereocenters. The van der Waals surface area contributed by atoms with Gasteiger partial charge in [-0.3, -0.25) is 4.79 Å². The van der Waals surface area contributed by atoms with Gasteiger partial charge in [0.15, 0.2) is 0 Å². The predicted molar refractivity (Wildman–Crippen MR) is 72.9 cm³/mol. The molecule has 0 saturated carbocycles. The third-order valence-electron chi connectivity index (χ3n) is 4.12. The van der Waals surface area contributed by atoms with Gasteiger partial charge >= 0.3 is 6.09 Å². The quantitative estimate of drug-likeness (QED) is 0.888. The van der Waals surface area contributed by atoms with Crippen molar-refractivity contribution in [2.45, 2.75) is 19.4 Å². The Morgan fingerprint density at radius 2 is 2.05 bits per heavy atom. The normalized spacial score (nSPS) is 20.6. The Kier molecular flexibility index (Phi) is 3.44. The number of rotatable bonds is 2. The Bertz CT molecular complexity index is 511. The molecule has 5 nitrogen and oxygen atoms in total. The number of likely N-dealkylation sites (tertiary alicyclic amines) is 1. The molecule has 0 bridgehead atoms. The zero-order valence-corrected chi connectivity index (χ0v) is 11.3. The zero-order valence-electron chi connectivity index (χ0n) is 11.3. The zero-order chi connectivity index (χ0) is 14.0. The molecule has 2 amide bonds. The van der Waals surface area contributed by atoms with Crippen molar-refractivity contribution in [2.75, 3.05) is 19.6 Å². The van der Waals surface area contributed by atoms with Crippen LogP contribution in [0.25, 0.3) is 0 Å². The molecular weight excluding hydrogens is 256 g/mol. The van der Waals surface area contributed by atoms with Gasteiger partial charge < -0.3 is 10.1 Å². The minimum Gasteiger partial charge on any atom is -0.444 e. The number of nitrogens with zero attached hydrogens (tertiary/aromatic N) is 1. The smallest absolute Gasteiger partial charge is 0.416 e. The van der Waals surface area contributed by atoms with Crippen LogP contribution in [0.2, 0.25) is 0 Å². The molecule has 1 aromatic rings. The van der Waals surface area contributed by atoms with Gasteiger partial charge in [-0.2, -0.15) is 0 Å². The summed E-state index contributed by atoms with van der Waals surface area (Å²) < 4.78 is 5.21. The van der Waals surface area contributed by atoms with E-state index in [0.717, 1.165) is 25.1 Å². The number of carbonyl (C=O) groups is 2. The molecule has 5 heteroatoms. The lowest BCUT2D eigenvalue weighted by atomic mass is 9.73. The third-order valence-corrected chi connectivity index (χ3v) is 4.12. The van der Waals surface area contributed by atoms with Crippen molar-refractivity contribution in [3.8, 4) is 0 Å². The van der Waals surface area contributed by atoms with Crippen LogP contribution in [-0.4, -0.2) is 36.5 Å². The van der Waals surface area contributed by atoms with Gasteiger partial charge in [0.05, 0.1) is 0 Å². The second-order valence-corrected chi connectivity index (χ2v) is 5.62. The average Bonchev–Trinajstić information content (AvgIpc) is 2.44. The Morgan fingerprint density at radius 1 is 1.30 bits per heavy atom. The summed E-state index contributed by atoms with van der Waals surface area (Å²) >= 11 is 0. The minimum atomic E-state index is -0.527. The first-order valence-corrected chi connectivity index (χ1v) is 6.90. The molecule has 106 valence electrons.